The number of carbonyl (C=O) groups is 2. The van der Waals surface area contributed by atoms with Crippen LogP contribution in [-0.2, 0) is 9.59 Å². The van der Waals surface area contributed by atoms with Gasteiger partial charge in [-0.05, 0) is 25.7 Å². The number of amides is 2. The lowest BCUT2D eigenvalue weighted by atomic mass is 9.84. The molecule has 5 nitrogen and oxygen atoms in total. The van der Waals surface area contributed by atoms with Gasteiger partial charge in [-0.2, -0.15) is 0 Å². The molecule has 0 radical (unpaired) electrons. The van der Waals surface area contributed by atoms with Crippen LogP contribution >= 0.6 is 12.2 Å². The summed E-state index contributed by atoms with van der Waals surface area (Å²) in [7, 11) is 0. The average Bonchev–Trinajstić information content (AvgIpc) is 3.06. The number of nitrogens with zero attached hydrogens (tertiary/aromatic N) is 1. The molecule has 0 saturated heterocycles. The lowest BCUT2D eigenvalue weighted by Crippen LogP contribution is -2.54. The molecule has 6 heteroatoms. The van der Waals surface area contributed by atoms with Gasteiger partial charge in [0.15, 0.2) is 0 Å². The number of nitrogens with two attached hydrogens (primary N) is 2. The van der Waals surface area contributed by atoms with Crippen LogP contribution in [0.3, 0.4) is 0 Å². The Labute approximate surface area is 125 Å². The summed E-state index contributed by atoms with van der Waals surface area (Å²) in [5.41, 5.74) is 10.4. The maximum atomic E-state index is 13.0. The summed E-state index contributed by atoms with van der Waals surface area (Å²) in [4.78, 5) is 26.2. The highest BCUT2D eigenvalue weighted by Gasteiger charge is 2.47. The molecule has 0 spiro atoms. The normalized spacial score (nSPS) is 21.8. The van der Waals surface area contributed by atoms with Gasteiger partial charge in [0.05, 0.1) is 16.9 Å². The molecule has 2 rings (SSSR count). The molecule has 2 saturated carbocycles. The smallest absolute Gasteiger partial charge is 0.237 e. The number of hydrogen-bond acceptors (Lipinski definition) is 3. The van der Waals surface area contributed by atoms with Crippen molar-refractivity contribution in [2.75, 3.05) is 6.54 Å². The molecule has 2 aliphatic carbocycles. The monoisotopic (exact) mass is 297 g/mol. The zero-order valence-corrected chi connectivity index (χ0v) is 12.6. The Balaban J connectivity index is 2.24. The molecule has 0 heterocycles. The highest BCUT2D eigenvalue weighted by atomic mass is 32.1. The van der Waals surface area contributed by atoms with E-state index in [4.69, 9.17) is 23.7 Å². The van der Waals surface area contributed by atoms with Crippen molar-refractivity contribution in [3.05, 3.63) is 0 Å². The topological polar surface area (TPSA) is 89.4 Å². The van der Waals surface area contributed by atoms with Crippen molar-refractivity contribution in [2.24, 2.45) is 16.9 Å². The molecule has 0 aliphatic heterocycles. The standard InChI is InChI=1S/C14H23N3O2S/c15-11(18)9-17(10-5-1-2-6-10)13(19)14(12(16)20)7-3-4-8-14/h10H,1-9H2,(H2,15,18)(H2,16,20). The van der Waals surface area contributed by atoms with Crippen LogP contribution in [0.5, 0.6) is 0 Å². The summed E-state index contributed by atoms with van der Waals surface area (Å²) in [5, 5.41) is 0. The largest absolute Gasteiger partial charge is 0.392 e. The zero-order valence-electron chi connectivity index (χ0n) is 11.8. The molecule has 4 N–H and O–H groups in total. The van der Waals surface area contributed by atoms with Crippen LogP contribution in [-0.4, -0.2) is 34.3 Å². The lowest BCUT2D eigenvalue weighted by Gasteiger charge is -2.36. The van der Waals surface area contributed by atoms with Gasteiger partial charge in [0, 0.05) is 6.04 Å². The van der Waals surface area contributed by atoms with Crippen molar-refractivity contribution < 1.29 is 9.59 Å². The van der Waals surface area contributed by atoms with Gasteiger partial charge in [-0.25, -0.2) is 0 Å². The molecule has 2 fully saturated rings. The first-order valence-corrected chi connectivity index (χ1v) is 7.77. The first-order valence-electron chi connectivity index (χ1n) is 7.36. The summed E-state index contributed by atoms with van der Waals surface area (Å²) < 4.78 is 0. The van der Waals surface area contributed by atoms with E-state index in [0.717, 1.165) is 38.5 Å². The van der Waals surface area contributed by atoms with Crippen molar-refractivity contribution in [1.29, 1.82) is 0 Å². The van der Waals surface area contributed by atoms with Crippen molar-refractivity contribution in [3.8, 4) is 0 Å². The third-order valence-corrected chi connectivity index (χ3v) is 5.08. The van der Waals surface area contributed by atoms with E-state index < -0.39 is 11.3 Å². The predicted octanol–water partition coefficient (Wildman–Crippen LogP) is 1.09. The van der Waals surface area contributed by atoms with Crippen LogP contribution < -0.4 is 11.5 Å². The van der Waals surface area contributed by atoms with Gasteiger partial charge < -0.3 is 16.4 Å². The van der Waals surface area contributed by atoms with Crippen molar-refractivity contribution in [1.82, 2.24) is 4.90 Å². The third kappa shape index (κ3) is 2.80. The first kappa shape index (κ1) is 15.2. The maximum absolute atomic E-state index is 13.0. The molecule has 0 aromatic heterocycles. The van der Waals surface area contributed by atoms with Crippen LogP contribution in [0.2, 0.25) is 0 Å². The van der Waals surface area contributed by atoms with Gasteiger partial charge in [-0.3, -0.25) is 9.59 Å². The van der Waals surface area contributed by atoms with E-state index >= 15 is 0 Å². The first-order chi connectivity index (χ1) is 9.47. The zero-order chi connectivity index (χ0) is 14.8. The minimum Gasteiger partial charge on any atom is -0.392 e. The Hall–Kier alpha value is -1.17. The van der Waals surface area contributed by atoms with Gasteiger partial charge in [-0.1, -0.05) is 37.9 Å². The van der Waals surface area contributed by atoms with E-state index in [1.165, 1.54) is 0 Å². The Kier molecular flexibility index (Phi) is 4.62. The number of rotatable bonds is 5. The fourth-order valence-electron chi connectivity index (χ4n) is 3.57. The highest BCUT2D eigenvalue weighted by molar-refractivity contribution is 7.80. The molecular formula is C14H23N3O2S. The maximum Gasteiger partial charge on any atom is 0.237 e. The summed E-state index contributed by atoms with van der Waals surface area (Å²) in [6.45, 7) is -0.0200. The molecule has 2 aliphatic rings. The lowest BCUT2D eigenvalue weighted by molar-refractivity contribution is -0.143. The highest BCUT2D eigenvalue weighted by Crippen LogP contribution is 2.41. The molecule has 0 aromatic rings. The van der Waals surface area contributed by atoms with Crippen LogP contribution in [0.25, 0.3) is 0 Å². The quantitative estimate of drug-likeness (QED) is 0.743. The summed E-state index contributed by atoms with van der Waals surface area (Å²) in [6.07, 6.45) is 7.36. The number of carbonyl (C=O) groups excluding carboxylic acids is 2. The van der Waals surface area contributed by atoms with Crippen LogP contribution in [0.15, 0.2) is 0 Å². The van der Waals surface area contributed by atoms with Crippen LogP contribution in [0.4, 0.5) is 0 Å². The molecule has 0 bridgehead atoms. The SMILES string of the molecule is NC(=O)CN(C(=O)C1(C(N)=S)CCCC1)C1CCCC1. The minimum absolute atomic E-state index is 0.0200. The molecule has 0 atom stereocenters. The van der Waals surface area contributed by atoms with E-state index in [9.17, 15) is 9.59 Å². The molecule has 0 aromatic carbocycles. The molecular weight excluding hydrogens is 274 g/mol. The van der Waals surface area contributed by atoms with E-state index in [1.54, 1.807) is 4.90 Å². The Morgan fingerprint density at radius 2 is 1.65 bits per heavy atom. The van der Waals surface area contributed by atoms with Crippen molar-refractivity contribution in [2.45, 2.75) is 57.4 Å². The Morgan fingerprint density at radius 3 is 2.10 bits per heavy atom. The number of thiocarbonyl (C=S) groups is 1. The second kappa shape index (κ2) is 6.08. The van der Waals surface area contributed by atoms with E-state index in [-0.39, 0.29) is 23.5 Å². The fraction of sp³-hybridized carbons (Fsp3) is 0.786. The van der Waals surface area contributed by atoms with Crippen molar-refractivity contribution >= 4 is 29.0 Å². The van der Waals surface area contributed by atoms with Gasteiger partial charge in [0.25, 0.3) is 0 Å². The Bertz CT molecular complexity index is 413. The second-order valence-electron chi connectivity index (χ2n) is 5.99. The van der Waals surface area contributed by atoms with E-state index in [0.29, 0.717) is 12.8 Å². The van der Waals surface area contributed by atoms with Gasteiger partial charge in [-0.15, -0.1) is 0 Å². The van der Waals surface area contributed by atoms with Gasteiger partial charge in [0.1, 0.15) is 0 Å². The fourth-order valence-corrected chi connectivity index (χ4v) is 3.86. The van der Waals surface area contributed by atoms with E-state index in [2.05, 4.69) is 0 Å². The van der Waals surface area contributed by atoms with Crippen LogP contribution in [0.1, 0.15) is 51.4 Å². The number of hydrogen-bond donors (Lipinski definition) is 2. The summed E-state index contributed by atoms with van der Waals surface area (Å²) in [6, 6.07) is 0.113. The molecule has 2 amide bonds. The average molecular weight is 297 g/mol. The van der Waals surface area contributed by atoms with Crippen molar-refractivity contribution in [3.63, 3.8) is 0 Å². The molecule has 0 unspecified atom stereocenters. The number of primary amides is 1. The van der Waals surface area contributed by atoms with Crippen LogP contribution in [0, 0.1) is 5.41 Å². The van der Waals surface area contributed by atoms with Gasteiger partial charge >= 0.3 is 0 Å². The van der Waals surface area contributed by atoms with Gasteiger partial charge in [0.2, 0.25) is 11.8 Å². The van der Waals surface area contributed by atoms with E-state index in [1.807, 2.05) is 0 Å². The minimum atomic E-state index is -0.743. The molecule has 112 valence electrons. The predicted molar refractivity (Wildman–Crippen MR) is 80.8 cm³/mol. The summed E-state index contributed by atoms with van der Waals surface area (Å²) in [5.74, 6) is -0.547. The summed E-state index contributed by atoms with van der Waals surface area (Å²) >= 11 is 5.17. The second-order valence-corrected chi connectivity index (χ2v) is 6.43. The third-order valence-electron chi connectivity index (χ3n) is 4.69. The Morgan fingerprint density at radius 1 is 1.10 bits per heavy atom. The molecule has 20 heavy (non-hydrogen) atoms.